The number of benzene rings is 1. The Morgan fingerprint density at radius 2 is 2.15 bits per heavy atom. The van der Waals surface area contributed by atoms with Gasteiger partial charge in [0.15, 0.2) is 0 Å². The van der Waals surface area contributed by atoms with Crippen LogP contribution in [0.5, 0.6) is 0 Å². The smallest absolute Gasteiger partial charge is 0.246 e. The van der Waals surface area contributed by atoms with Gasteiger partial charge in [-0.05, 0) is 44.2 Å². The fourth-order valence-corrected chi connectivity index (χ4v) is 2.68. The third-order valence-electron chi connectivity index (χ3n) is 3.58. The van der Waals surface area contributed by atoms with Crippen molar-refractivity contribution in [3.63, 3.8) is 0 Å². The van der Waals surface area contributed by atoms with E-state index in [1.165, 1.54) is 18.2 Å². The summed E-state index contributed by atoms with van der Waals surface area (Å²) in [6.45, 7) is 1.49. The average Bonchev–Trinajstić information content (AvgIpc) is 2.48. The molecule has 1 fully saturated rings. The first-order valence-corrected chi connectivity index (χ1v) is 7.49. The first-order chi connectivity index (χ1) is 9.60. The summed E-state index contributed by atoms with van der Waals surface area (Å²) in [5.41, 5.74) is 0.415. The second kappa shape index (κ2) is 6.99. The van der Waals surface area contributed by atoms with Crippen LogP contribution in [0.4, 0.5) is 4.39 Å². The third-order valence-corrected chi connectivity index (χ3v) is 4.07. The van der Waals surface area contributed by atoms with Crippen LogP contribution in [0.15, 0.2) is 28.7 Å². The summed E-state index contributed by atoms with van der Waals surface area (Å²) in [4.78, 5) is 13.9. The van der Waals surface area contributed by atoms with Crippen LogP contribution in [0, 0.1) is 5.82 Å². The van der Waals surface area contributed by atoms with Crippen molar-refractivity contribution in [2.75, 3.05) is 20.1 Å². The molecule has 1 N–H and O–H groups in total. The summed E-state index contributed by atoms with van der Waals surface area (Å²) in [7, 11) is 1.94. The second-order valence-electron chi connectivity index (χ2n) is 4.89. The molecule has 0 aliphatic carbocycles. The van der Waals surface area contributed by atoms with E-state index in [9.17, 15) is 9.18 Å². The Hall–Kier alpha value is -1.20. The fourth-order valence-electron chi connectivity index (χ4n) is 2.30. The molecular formula is C15H18BrFN2O. The maximum Gasteiger partial charge on any atom is 0.246 e. The minimum atomic E-state index is -0.328. The molecule has 0 radical (unpaired) electrons. The molecule has 0 aromatic heterocycles. The highest BCUT2D eigenvalue weighted by atomic mass is 79.9. The summed E-state index contributed by atoms with van der Waals surface area (Å²) in [6.07, 6.45) is 4.90. The number of hydrogen-bond acceptors (Lipinski definition) is 2. The largest absolute Gasteiger partial charge is 0.339 e. The van der Waals surface area contributed by atoms with Crippen LogP contribution in [-0.2, 0) is 4.79 Å². The topological polar surface area (TPSA) is 32.3 Å². The van der Waals surface area contributed by atoms with E-state index in [2.05, 4.69) is 21.2 Å². The first kappa shape index (κ1) is 15.2. The molecule has 1 heterocycles. The van der Waals surface area contributed by atoms with Crippen molar-refractivity contribution in [3.8, 4) is 0 Å². The van der Waals surface area contributed by atoms with E-state index in [1.54, 1.807) is 17.0 Å². The van der Waals surface area contributed by atoms with Gasteiger partial charge in [-0.25, -0.2) is 4.39 Å². The van der Waals surface area contributed by atoms with Gasteiger partial charge < -0.3 is 10.2 Å². The van der Waals surface area contributed by atoms with Crippen molar-refractivity contribution in [2.24, 2.45) is 0 Å². The molecule has 2 rings (SSSR count). The molecule has 1 saturated heterocycles. The van der Waals surface area contributed by atoms with Gasteiger partial charge in [0, 0.05) is 35.2 Å². The molecule has 1 aliphatic heterocycles. The summed E-state index contributed by atoms with van der Waals surface area (Å²) in [6, 6.07) is 5.17. The van der Waals surface area contributed by atoms with Crippen LogP contribution < -0.4 is 5.32 Å². The van der Waals surface area contributed by atoms with Crippen molar-refractivity contribution in [1.29, 1.82) is 0 Å². The van der Waals surface area contributed by atoms with Crippen LogP contribution >= 0.6 is 15.9 Å². The quantitative estimate of drug-likeness (QED) is 0.858. The van der Waals surface area contributed by atoms with E-state index in [0.29, 0.717) is 11.6 Å². The van der Waals surface area contributed by atoms with Gasteiger partial charge in [0.1, 0.15) is 5.82 Å². The van der Waals surface area contributed by atoms with Crippen LogP contribution in [0.2, 0.25) is 0 Å². The van der Waals surface area contributed by atoms with E-state index in [-0.39, 0.29) is 11.7 Å². The SMILES string of the molecule is CNC1CCN(C(=O)C=Cc2cc(Br)ccc2F)CC1. The number of amides is 1. The van der Waals surface area contributed by atoms with Gasteiger partial charge in [-0.1, -0.05) is 15.9 Å². The van der Waals surface area contributed by atoms with Gasteiger partial charge in [0.05, 0.1) is 0 Å². The van der Waals surface area contributed by atoms with Crippen molar-refractivity contribution < 1.29 is 9.18 Å². The van der Waals surface area contributed by atoms with Gasteiger partial charge in [-0.2, -0.15) is 0 Å². The van der Waals surface area contributed by atoms with Gasteiger partial charge in [-0.3, -0.25) is 4.79 Å². The molecule has 3 nitrogen and oxygen atoms in total. The highest BCUT2D eigenvalue weighted by molar-refractivity contribution is 9.10. The number of piperidine rings is 1. The lowest BCUT2D eigenvalue weighted by atomic mass is 10.1. The zero-order valence-electron chi connectivity index (χ0n) is 11.4. The minimum absolute atomic E-state index is 0.0565. The molecule has 0 spiro atoms. The molecule has 1 aliphatic rings. The highest BCUT2D eigenvalue weighted by Crippen LogP contribution is 2.17. The molecule has 0 atom stereocenters. The van der Waals surface area contributed by atoms with Gasteiger partial charge in [-0.15, -0.1) is 0 Å². The van der Waals surface area contributed by atoms with Crippen molar-refractivity contribution >= 4 is 27.9 Å². The van der Waals surface area contributed by atoms with Crippen LogP contribution in [-0.4, -0.2) is 37.0 Å². The molecule has 0 unspecified atom stereocenters. The number of nitrogens with zero attached hydrogens (tertiary/aromatic N) is 1. The summed E-state index contributed by atoms with van der Waals surface area (Å²) in [5, 5.41) is 3.22. The fraction of sp³-hybridized carbons (Fsp3) is 0.400. The standard InChI is InChI=1S/C15H18BrFN2O/c1-18-13-6-8-19(9-7-13)15(20)5-2-11-10-12(16)3-4-14(11)17/h2-5,10,13,18H,6-9H2,1H3. The highest BCUT2D eigenvalue weighted by Gasteiger charge is 2.20. The normalized spacial score (nSPS) is 16.9. The summed E-state index contributed by atoms with van der Waals surface area (Å²) in [5.74, 6) is -0.384. The summed E-state index contributed by atoms with van der Waals surface area (Å²) < 4.78 is 14.3. The number of nitrogens with one attached hydrogen (secondary N) is 1. The molecule has 1 aromatic rings. The van der Waals surface area contributed by atoms with E-state index < -0.39 is 0 Å². The second-order valence-corrected chi connectivity index (χ2v) is 5.80. The summed E-state index contributed by atoms with van der Waals surface area (Å²) >= 11 is 3.29. The van der Waals surface area contributed by atoms with Crippen molar-refractivity contribution in [3.05, 3.63) is 40.1 Å². The van der Waals surface area contributed by atoms with Crippen molar-refractivity contribution in [2.45, 2.75) is 18.9 Å². The van der Waals surface area contributed by atoms with E-state index in [1.807, 2.05) is 7.05 Å². The zero-order valence-corrected chi connectivity index (χ0v) is 13.0. The third kappa shape index (κ3) is 3.90. The Morgan fingerprint density at radius 3 is 2.80 bits per heavy atom. The lowest BCUT2D eigenvalue weighted by Crippen LogP contribution is -2.43. The predicted molar refractivity (Wildman–Crippen MR) is 81.8 cm³/mol. The molecule has 5 heteroatoms. The molecular weight excluding hydrogens is 323 g/mol. The first-order valence-electron chi connectivity index (χ1n) is 6.69. The Labute approximate surface area is 127 Å². The van der Waals surface area contributed by atoms with Crippen LogP contribution in [0.3, 0.4) is 0 Å². The molecule has 108 valence electrons. The Kier molecular flexibility index (Phi) is 5.31. The Balaban J connectivity index is 1.97. The lowest BCUT2D eigenvalue weighted by Gasteiger charge is -2.31. The lowest BCUT2D eigenvalue weighted by molar-refractivity contribution is -0.127. The van der Waals surface area contributed by atoms with E-state index >= 15 is 0 Å². The molecule has 0 bridgehead atoms. The Morgan fingerprint density at radius 1 is 1.45 bits per heavy atom. The van der Waals surface area contributed by atoms with Gasteiger partial charge in [0.2, 0.25) is 5.91 Å². The zero-order chi connectivity index (χ0) is 14.5. The van der Waals surface area contributed by atoms with Crippen LogP contribution in [0.25, 0.3) is 6.08 Å². The number of likely N-dealkylation sites (tertiary alicyclic amines) is 1. The van der Waals surface area contributed by atoms with Gasteiger partial charge in [0.25, 0.3) is 0 Å². The molecule has 20 heavy (non-hydrogen) atoms. The van der Waals surface area contributed by atoms with E-state index in [0.717, 1.165) is 30.4 Å². The van der Waals surface area contributed by atoms with Crippen molar-refractivity contribution in [1.82, 2.24) is 10.2 Å². The number of halogens is 2. The van der Waals surface area contributed by atoms with Gasteiger partial charge >= 0.3 is 0 Å². The maximum absolute atomic E-state index is 13.6. The average molecular weight is 341 g/mol. The maximum atomic E-state index is 13.6. The van der Waals surface area contributed by atoms with Crippen LogP contribution in [0.1, 0.15) is 18.4 Å². The predicted octanol–water partition coefficient (Wildman–Crippen LogP) is 2.81. The Bertz CT molecular complexity index is 511. The number of carbonyl (C=O) groups excluding carboxylic acids is 1. The monoisotopic (exact) mass is 340 g/mol. The number of carbonyl (C=O) groups is 1. The molecule has 1 amide bonds. The number of rotatable bonds is 3. The molecule has 1 aromatic carbocycles. The number of hydrogen-bond donors (Lipinski definition) is 1. The minimum Gasteiger partial charge on any atom is -0.339 e. The molecule has 0 saturated carbocycles. The van der Waals surface area contributed by atoms with E-state index in [4.69, 9.17) is 0 Å².